The second kappa shape index (κ2) is 8.82. The third kappa shape index (κ3) is 5.66. The molecule has 1 heterocycles. The van der Waals surface area contributed by atoms with Crippen molar-refractivity contribution in [1.82, 2.24) is 14.5 Å². The van der Waals surface area contributed by atoms with Crippen molar-refractivity contribution in [1.29, 1.82) is 0 Å². The Morgan fingerprint density at radius 3 is 2.20 bits per heavy atom. The molecular formula is C18H30ClN3O2S. The molecule has 1 saturated heterocycles. The van der Waals surface area contributed by atoms with Gasteiger partial charge in [0.2, 0.25) is 10.0 Å². The molecule has 2 aliphatic rings. The molecule has 0 bridgehead atoms. The number of likely N-dealkylation sites (tertiary alicyclic amines) is 1. The number of nitrogens with zero attached hydrogens (tertiary/aromatic N) is 2. The molecule has 1 aromatic rings. The first kappa shape index (κ1) is 20.6. The second-order valence-electron chi connectivity index (χ2n) is 7.33. The third-order valence-electron chi connectivity index (χ3n) is 5.09. The number of rotatable bonds is 7. The van der Waals surface area contributed by atoms with Gasteiger partial charge in [-0.1, -0.05) is 12.1 Å². The minimum Gasteiger partial charge on any atom is -0.314 e. The molecule has 0 aromatic heterocycles. The zero-order valence-corrected chi connectivity index (χ0v) is 16.8. The van der Waals surface area contributed by atoms with Crippen LogP contribution in [0, 0.1) is 5.92 Å². The molecule has 1 N–H and O–H groups in total. The van der Waals surface area contributed by atoms with Crippen LogP contribution in [-0.4, -0.2) is 57.4 Å². The summed E-state index contributed by atoms with van der Waals surface area (Å²) in [4.78, 5) is 2.82. The predicted molar refractivity (Wildman–Crippen MR) is 104 cm³/mol. The molecular weight excluding hydrogens is 358 g/mol. The van der Waals surface area contributed by atoms with Crippen LogP contribution in [0.3, 0.4) is 0 Å². The largest absolute Gasteiger partial charge is 0.314 e. The third-order valence-corrected chi connectivity index (χ3v) is 6.92. The van der Waals surface area contributed by atoms with E-state index < -0.39 is 10.0 Å². The maximum absolute atomic E-state index is 12.1. The molecule has 0 amide bonds. The van der Waals surface area contributed by atoms with Gasteiger partial charge in [-0.25, -0.2) is 12.7 Å². The van der Waals surface area contributed by atoms with Gasteiger partial charge >= 0.3 is 0 Å². The average molecular weight is 388 g/mol. The maximum Gasteiger partial charge on any atom is 0.242 e. The molecule has 142 valence electrons. The van der Waals surface area contributed by atoms with E-state index in [0.717, 1.165) is 25.6 Å². The Balaban J connectivity index is 0.00000225. The van der Waals surface area contributed by atoms with Crippen molar-refractivity contribution in [3.05, 3.63) is 29.8 Å². The Bertz CT molecular complexity index is 637. The molecule has 25 heavy (non-hydrogen) atoms. The predicted octanol–water partition coefficient (Wildman–Crippen LogP) is 2.32. The first-order valence-corrected chi connectivity index (χ1v) is 10.4. The Hall–Kier alpha value is -0.660. The van der Waals surface area contributed by atoms with Gasteiger partial charge in [0.05, 0.1) is 4.90 Å². The highest BCUT2D eigenvalue weighted by Gasteiger charge is 2.24. The summed E-state index contributed by atoms with van der Waals surface area (Å²) in [7, 11) is -0.211. The minimum atomic E-state index is -3.33. The van der Waals surface area contributed by atoms with Gasteiger partial charge in [-0.05, 0) is 68.9 Å². The van der Waals surface area contributed by atoms with Gasteiger partial charge in [0, 0.05) is 26.7 Å². The molecule has 1 saturated carbocycles. The number of piperidine rings is 1. The number of halogens is 1. The van der Waals surface area contributed by atoms with Crippen LogP contribution in [0.4, 0.5) is 0 Å². The van der Waals surface area contributed by atoms with Gasteiger partial charge in [-0.3, -0.25) is 4.90 Å². The van der Waals surface area contributed by atoms with Gasteiger partial charge in [0.15, 0.2) is 0 Å². The van der Waals surface area contributed by atoms with Crippen molar-refractivity contribution in [3.8, 4) is 0 Å². The normalized spacial score (nSPS) is 19.8. The minimum absolute atomic E-state index is 0. The highest BCUT2D eigenvalue weighted by atomic mass is 35.5. The van der Waals surface area contributed by atoms with Gasteiger partial charge in [0.25, 0.3) is 0 Å². The van der Waals surface area contributed by atoms with E-state index in [1.807, 2.05) is 12.1 Å². The van der Waals surface area contributed by atoms with Crippen LogP contribution >= 0.6 is 12.4 Å². The van der Waals surface area contributed by atoms with Crippen LogP contribution in [0.15, 0.2) is 29.2 Å². The van der Waals surface area contributed by atoms with Gasteiger partial charge in [-0.15, -0.1) is 12.4 Å². The number of sulfonamides is 1. The van der Waals surface area contributed by atoms with E-state index in [-0.39, 0.29) is 12.4 Å². The number of hydrogen-bond acceptors (Lipinski definition) is 4. The fraction of sp³-hybridized carbons (Fsp3) is 0.667. The summed E-state index contributed by atoms with van der Waals surface area (Å²) in [6.45, 7) is 4.32. The van der Waals surface area contributed by atoms with Gasteiger partial charge < -0.3 is 5.32 Å². The van der Waals surface area contributed by atoms with Crippen molar-refractivity contribution in [2.45, 2.75) is 43.2 Å². The van der Waals surface area contributed by atoms with Crippen molar-refractivity contribution in [3.63, 3.8) is 0 Å². The highest BCUT2D eigenvalue weighted by molar-refractivity contribution is 7.89. The van der Waals surface area contributed by atoms with Crippen LogP contribution in [-0.2, 0) is 16.6 Å². The summed E-state index contributed by atoms with van der Waals surface area (Å²) in [5, 5.41) is 3.70. The molecule has 7 heteroatoms. The molecule has 2 fully saturated rings. The fourth-order valence-corrected chi connectivity index (χ4v) is 4.09. The molecule has 3 rings (SSSR count). The average Bonchev–Trinajstić information content (AvgIpc) is 3.39. The number of hydrogen-bond donors (Lipinski definition) is 1. The molecule has 0 unspecified atom stereocenters. The molecule has 1 aromatic carbocycles. The topological polar surface area (TPSA) is 52.7 Å². The standard InChI is InChI=1S/C18H29N3O2S.ClH/c1-20(2)24(22,23)18-7-5-16(6-8-18)14-21-11-9-17(10-12-21)19-13-15-3-4-15;/h5-8,15,17,19H,3-4,9-14H2,1-2H3;1H. The van der Waals surface area contributed by atoms with Crippen LogP contribution in [0.25, 0.3) is 0 Å². The molecule has 1 aliphatic carbocycles. The van der Waals surface area contributed by atoms with Crippen LogP contribution in [0.1, 0.15) is 31.2 Å². The molecule has 1 aliphatic heterocycles. The summed E-state index contributed by atoms with van der Waals surface area (Å²) in [5.41, 5.74) is 1.18. The van der Waals surface area contributed by atoms with E-state index in [0.29, 0.717) is 10.9 Å². The lowest BCUT2D eigenvalue weighted by molar-refractivity contribution is 0.190. The number of nitrogens with one attached hydrogen (secondary N) is 1. The first-order valence-electron chi connectivity index (χ1n) is 8.92. The zero-order valence-electron chi connectivity index (χ0n) is 15.1. The zero-order chi connectivity index (χ0) is 17.2. The molecule has 0 atom stereocenters. The smallest absolute Gasteiger partial charge is 0.242 e. The Labute approximate surface area is 158 Å². The Morgan fingerprint density at radius 1 is 1.08 bits per heavy atom. The van der Waals surface area contributed by atoms with E-state index >= 15 is 0 Å². The molecule has 0 radical (unpaired) electrons. The van der Waals surface area contributed by atoms with Crippen LogP contribution < -0.4 is 5.32 Å². The van der Waals surface area contributed by atoms with E-state index in [4.69, 9.17) is 0 Å². The first-order chi connectivity index (χ1) is 11.4. The van der Waals surface area contributed by atoms with Gasteiger partial charge in [-0.2, -0.15) is 0 Å². The lowest BCUT2D eigenvalue weighted by Crippen LogP contribution is -2.42. The molecule has 5 nitrogen and oxygen atoms in total. The SMILES string of the molecule is CN(C)S(=O)(=O)c1ccc(CN2CCC(NCC3CC3)CC2)cc1.Cl. The van der Waals surface area contributed by atoms with Crippen LogP contribution in [0.5, 0.6) is 0 Å². The van der Waals surface area contributed by atoms with E-state index in [9.17, 15) is 8.42 Å². The summed E-state index contributed by atoms with van der Waals surface area (Å²) in [6, 6.07) is 7.99. The van der Waals surface area contributed by atoms with Gasteiger partial charge in [0.1, 0.15) is 0 Å². The monoisotopic (exact) mass is 387 g/mol. The van der Waals surface area contributed by atoms with Crippen molar-refractivity contribution in [2.24, 2.45) is 5.92 Å². The maximum atomic E-state index is 12.1. The molecule has 0 spiro atoms. The Morgan fingerprint density at radius 2 is 1.68 bits per heavy atom. The summed E-state index contributed by atoms with van der Waals surface area (Å²) < 4.78 is 25.4. The summed E-state index contributed by atoms with van der Waals surface area (Å²) in [6.07, 6.45) is 5.23. The van der Waals surface area contributed by atoms with E-state index in [1.54, 1.807) is 26.2 Å². The van der Waals surface area contributed by atoms with Crippen molar-refractivity contribution in [2.75, 3.05) is 33.7 Å². The lowest BCUT2D eigenvalue weighted by atomic mass is 10.0. The summed E-state index contributed by atoms with van der Waals surface area (Å²) in [5.74, 6) is 0.944. The van der Waals surface area contributed by atoms with Crippen LogP contribution in [0.2, 0.25) is 0 Å². The van der Waals surface area contributed by atoms with Crippen molar-refractivity contribution < 1.29 is 8.42 Å². The lowest BCUT2D eigenvalue weighted by Gasteiger charge is -2.32. The van der Waals surface area contributed by atoms with E-state index in [1.165, 1.54) is 42.1 Å². The second-order valence-corrected chi connectivity index (χ2v) is 9.49. The van der Waals surface area contributed by atoms with E-state index in [2.05, 4.69) is 10.2 Å². The highest BCUT2D eigenvalue weighted by Crippen LogP contribution is 2.28. The quantitative estimate of drug-likeness (QED) is 0.780. The van der Waals surface area contributed by atoms with Crippen molar-refractivity contribution >= 4 is 22.4 Å². The fourth-order valence-electron chi connectivity index (χ4n) is 3.19. The Kier molecular flexibility index (Phi) is 7.29. The summed E-state index contributed by atoms with van der Waals surface area (Å²) >= 11 is 0. The number of benzene rings is 1.